The van der Waals surface area contributed by atoms with Crippen LogP contribution in [0.3, 0.4) is 0 Å². The van der Waals surface area contributed by atoms with Gasteiger partial charge in [-0.15, -0.1) is 0 Å². The number of fused-ring (bicyclic) bond motifs is 2. The number of carbonyl (C=O) groups is 2. The number of rotatable bonds is 7. The van der Waals surface area contributed by atoms with Crippen LogP contribution >= 0.6 is 7.82 Å². The summed E-state index contributed by atoms with van der Waals surface area (Å²) in [4.78, 5) is 35.8. The van der Waals surface area contributed by atoms with E-state index in [9.17, 15) is 14.2 Å². The molecule has 0 amide bonds. The molecule has 0 aliphatic carbocycles. The van der Waals surface area contributed by atoms with Crippen LogP contribution in [0, 0.1) is 5.92 Å². The maximum Gasteiger partial charge on any atom is 0.510 e. The van der Waals surface area contributed by atoms with Gasteiger partial charge in [-0.05, 0) is 13.8 Å². The number of hydrogen-bond acceptors (Lipinski definition) is 14. The van der Waals surface area contributed by atoms with Crippen LogP contribution in [0.1, 0.15) is 20.1 Å². The van der Waals surface area contributed by atoms with E-state index < -0.39 is 44.6 Å². The van der Waals surface area contributed by atoms with Crippen LogP contribution in [0.2, 0.25) is 0 Å². The van der Waals surface area contributed by atoms with Crippen molar-refractivity contribution in [1.29, 1.82) is 0 Å². The average Bonchev–Trinajstić information content (AvgIpc) is 3.32. The number of aldehydes is 1. The highest BCUT2D eigenvalue weighted by Crippen LogP contribution is 2.58. The first-order valence-corrected chi connectivity index (χ1v) is 11.3. The lowest BCUT2D eigenvalue weighted by molar-refractivity contribution is -0.116. The molecule has 180 valence electrons. The highest BCUT2D eigenvalue weighted by molar-refractivity contribution is 7.48. The van der Waals surface area contributed by atoms with Crippen LogP contribution in [-0.4, -0.2) is 70.8 Å². The Kier molecular flexibility index (Phi) is 6.50. The van der Waals surface area contributed by atoms with Crippen LogP contribution in [0.15, 0.2) is 6.33 Å². The molecule has 2 aromatic heterocycles. The van der Waals surface area contributed by atoms with E-state index in [-0.39, 0.29) is 30.7 Å². The summed E-state index contributed by atoms with van der Waals surface area (Å²) >= 11 is 0. The minimum atomic E-state index is -4.20. The topological polar surface area (TPSA) is 185 Å². The summed E-state index contributed by atoms with van der Waals surface area (Å²) in [6.07, 6.45) is -2.97. The molecule has 0 spiro atoms. The lowest BCUT2D eigenvalue weighted by Gasteiger charge is -2.31. The largest absolute Gasteiger partial charge is 0.510 e. The van der Waals surface area contributed by atoms with Gasteiger partial charge >= 0.3 is 14.0 Å². The van der Waals surface area contributed by atoms with Crippen molar-refractivity contribution in [2.45, 2.75) is 38.6 Å². The molecule has 2 fully saturated rings. The van der Waals surface area contributed by atoms with E-state index >= 15 is 0 Å². The number of methoxy groups -OCH3 is 1. The van der Waals surface area contributed by atoms with Crippen molar-refractivity contribution in [3.05, 3.63) is 6.33 Å². The molecule has 4 heterocycles. The monoisotopic (exact) mass is 487 g/mol. The summed E-state index contributed by atoms with van der Waals surface area (Å²) < 4.78 is 51.0. The van der Waals surface area contributed by atoms with Gasteiger partial charge in [-0.3, -0.25) is 13.6 Å². The number of imidazole rings is 1. The summed E-state index contributed by atoms with van der Waals surface area (Å²) in [7, 11) is -2.79. The Bertz CT molecular complexity index is 1100. The third-order valence-corrected chi connectivity index (χ3v) is 6.39. The molecule has 0 bridgehead atoms. The van der Waals surface area contributed by atoms with Gasteiger partial charge in [0.2, 0.25) is 18.1 Å². The van der Waals surface area contributed by atoms with Crippen LogP contribution in [0.25, 0.3) is 11.2 Å². The van der Waals surface area contributed by atoms with E-state index in [1.54, 1.807) is 6.92 Å². The number of phosphoric acid groups is 1. The molecule has 2 saturated heterocycles. The third kappa shape index (κ3) is 4.50. The predicted octanol–water partition coefficient (Wildman–Crippen LogP) is 1.19. The Labute approximate surface area is 187 Å². The Morgan fingerprint density at radius 2 is 2.24 bits per heavy atom. The van der Waals surface area contributed by atoms with Crippen molar-refractivity contribution in [2.75, 3.05) is 26.1 Å². The number of nitrogens with zero attached hydrogens (tertiary/aromatic N) is 4. The Balaban J connectivity index is 1.55. The molecular weight excluding hydrogens is 465 g/mol. The van der Waals surface area contributed by atoms with Gasteiger partial charge in [-0.1, -0.05) is 0 Å². The Hall–Kier alpha value is -2.84. The van der Waals surface area contributed by atoms with E-state index in [2.05, 4.69) is 19.7 Å². The van der Waals surface area contributed by atoms with E-state index in [4.69, 9.17) is 33.5 Å². The Morgan fingerprint density at radius 3 is 2.94 bits per heavy atom. The standard InChI is InChI=1S/C17H22N5O10P/c1-4-27-17(24)29-8(2)31-33(25)28-6-10-12(32-33)9(5-23)15(30-10)22-7-19-11-13(22)20-16(18)21-14(11)26-3/h5,7-10,12,15H,4,6H2,1-3H3,(H2,18,20,21). The Morgan fingerprint density at radius 1 is 1.45 bits per heavy atom. The number of ether oxygens (including phenoxy) is 4. The molecule has 4 rings (SSSR count). The van der Waals surface area contributed by atoms with Gasteiger partial charge in [0.25, 0.3) is 0 Å². The van der Waals surface area contributed by atoms with Crippen molar-refractivity contribution >= 4 is 37.4 Å². The fourth-order valence-corrected chi connectivity index (χ4v) is 5.03. The molecule has 2 aromatic rings. The van der Waals surface area contributed by atoms with Crippen molar-refractivity contribution < 1.29 is 46.7 Å². The molecule has 6 atom stereocenters. The first-order chi connectivity index (χ1) is 15.8. The van der Waals surface area contributed by atoms with Gasteiger partial charge in [-0.2, -0.15) is 9.97 Å². The smallest absolute Gasteiger partial charge is 0.479 e. The summed E-state index contributed by atoms with van der Waals surface area (Å²) in [5.74, 6) is -0.841. The van der Waals surface area contributed by atoms with Gasteiger partial charge < -0.3 is 29.5 Å². The normalized spacial score (nSPS) is 29.9. The molecule has 2 aliphatic heterocycles. The lowest BCUT2D eigenvalue weighted by atomic mass is 10.0. The fourth-order valence-electron chi connectivity index (χ4n) is 3.55. The van der Waals surface area contributed by atoms with E-state index in [0.717, 1.165) is 0 Å². The molecular formula is C17H22N5O10P. The molecule has 6 unspecified atom stereocenters. The number of hydrogen-bond donors (Lipinski definition) is 1. The second kappa shape index (κ2) is 9.19. The van der Waals surface area contributed by atoms with Crippen molar-refractivity contribution in [3.8, 4) is 5.88 Å². The minimum absolute atomic E-state index is 0.0627. The molecule has 15 nitrogen and oxygen atoms in total. The number of phosphoric ester groups is 1. The second-order valence-electron chi connectivity index (χ2n) is 6.98. The number of nitrogen functional groups attached to an aromatic ring is 1. The maximum atomic E-state index is 13.0. The zero-order chi connectivity index (χ0) is 23.8. The fraction of sp³-hybridized carbons (Fsp3) is 0.588. The van der Waals surface area contributed by atoms with Gasteiger partial charge in [-0.25, -0.2) is 18.9 Å². The van der Waals surface area contributed by atoms with Gasteiger partial charge in [0, 0.05) is 0 Å². The summed E-state index contributed by atoms with van der Waals surface area (Å²) in [5.41, 5.74) is 6.33. The predicted molar refractivity (Wildman–Crippen MR) is 107 cm³/mol. The van der Waals surface area contributed by atoms with Gasteiger partial charge in [0.1, 0.15) is 24.7 Å². The quantitative estimate of drug-likeness (QED) is 0.254. The molecule has 0 radical (unpaired) electrons. The summed E-state index contributed by atoms with van der Waals surface area (Å²) in [6.45, 7) is 2.79. The second-order valence-corrected chi connectivity index (χ2v) is 8.55. The first-order valence-electron chi connectivity index (χ1n) is 9.88. The molecule has 33 heavy (non-hydrogen) atoms. The van der Waals surface area contributed by atoms with E-state index in [0.29, 0.717) is 11.8 Å². The zero-order valence-corrected chi connectivity index (χ0v) is 18.7. The first kappa shape index (κ1) is 23.3. The van der Waals surface area contributed by atoms with Gasteiger partial charge in [0.05, 0.1) is 32.6 Å². The molecule has 2 N–H and O–H groups in total. The van der Waals surface area contributed by atoms with E-state index in [1.165, 1.54) is 24.9 Å². The van der Waals surface area contributed by atoms with Crippen molar-refractivity contribution in [2.24, 2.45) is 5.92 Å². The maximum absolute atomic E-state index is 13.0. The molecule has 0 saturated carbocycles. The SMILES string of the molecule is CCOC(=O)OC(C)OP1(=O)OCC2OC(n3cnc4c(OC)nc(N)nc43)C(C=O)C2O1. The molecule has 2 aliphatic rings. The number of aromatic nitrogens is 4. The van der Waals surface area contributed by atoms with Crippen LogP contribution in [0.4, 0.5) is 10.7 Å². The van der Waals surface area contributed by atoms with Gasteiger partial charge in [0.15, 0.2) is 11.2 Å². The molecule has 0 aromatic carbocycles. The van der Waals surface area contributed by atoms with Crippen LogP contribution in [-0.2, 0) is 37.1 Å². The lowest BCUT2D eigenvalue weighted by Crippen LogP contribution is -2.38. The minimum Gasteiger partial charge on any atom is -0.479 e. The summed E-state index contributed by atoms with van der Waals surface area (Å²) in [6, 6.07) is 0. The number of anilines is 1. The van der Waals surface area contributed by atoms with Crippen LogP contribution < -0.4 is 10.5 Å². The number of carbonyl (C=O) groups excluding carboxylic acids is 2. The van der Waals surface area contributed by atoms with Crippen molar-refractivity contribution in [3.63, 3.8) is 0 Å². The highest BCUT2D eigenvalue weighted by Gasteiger charge is 2.54. The highest BCUT2D eigenvalue weighted by atomic mass is 31.2. The average molecular weight is 487 g/mol. The molecule has 16 heteroatoms. The summed E-state index contributed by atoms with van der Waals surface area (Å²) in [5, 5.41) is 0. The number of nitrogens with two attached hydrogens (primary N) is 1. The zero-order valence-electron chi connectivity index (χ0n) is 17.9. The van der Waals surface area contributed by atoms with Crippen LogP contribution in [0.5, 0.6) is 5.88 Å². The van der Waals surface area contributed by atoms with Crippen molar-refractivity contribution in [1.82, 2.24) is 19.5 Å². The van der Waals surface area contributed by atoms with E-state index in [1.807, 2.05) is 0 Å². The third-order valence-electron chi connectivity index (χ3n) is 4.87.